The Labute approximate surface area is 397 Å². The molecule has 0 fully saturated rings. The second kappa shape index (κ2) is 24.5. The molecule has 0 spiro atoms. The predicted octanol–water partition coefficient (Wildman–Crippen LogP) is 6.05. The van der Waals surface area contributed by atoms with Gasteiger partial charge in [-0.05, 0) is 109 Å². The largest absolute Gasteiger partial charge is 0.508 e. The summed E-state index contributed by atoms with van der Waals surface area (Å²) in [4.78, 5) is 58.7. The summed E-state index contributed by atoms with van der Waals surface area (Å²) in [7, 11) is 0. The highest BCUT2D eigenvalue weighted by atomic mass is 79.9. The van der Waals surface area contributed by atoms with E-state index in [1.54, 1.807) is 12.1 Å². The van der Waals surface area contributed by atoms with Gasteiger partial charge in [-0.25, -0.2) is 0 Å². The number of halogens is 2. The normalized spacial score (nSPS) is 16.4. The molecule has 2 amide bonds. The van der Waals surface area contributed by atoms with Crippen molar-refractivity contribution >= 4 is 74.2 Å². The number of phenolic OH excluding ortho intramolecular Hbond substituents is 2. The zero-order chi connectivity index (χ0) is 47.9. The molecule has 2 aliphatic rings. The van der Waals surface area contributed by atoms with Crippen molar-refractivity contribution in [3.63, 3.8) is 0 Å². The summed E-state index contributed by atoms with van der Waals surface area (Å²) < 4.78 is 0.982. The Hall–Kier alpha value is -6.01. The van der Waals surface area contributed by atoms with E-state index >= 15 is 0 Å². The smallest absolute Gasteiger partial charge is 0.251 e. The molecule has 2 heterocycles. The molecule has 0 saturated heterocycles. The average Bonchev–Trinajstić information content (AvgIpc) is 3.26. The van der Waals surface area contributed by atoms with Crippen LogP contribution in [-0.4, -0.2) is 107 Å². The van der Waals surface area contributed by atoms with Gasteiger partial charge < -0.3 is 52.3 Å². The number of ketones is 2. The number of guanidine groups is 2. The zero-order valence-corrected chi connectivity index (χ0v) is 39.7. The topological polar surface area (TPSA) is 246 Å². The Morgan fingerprint density at radius 3 is 1.50 bits per heavy atom. The van der Waals surface area contributed by atoms with E-state index in [1.165, 1.54) is 24.3 Å². The highest BCUT2D eigenvalue weighted by molar-refractivity contribution is 9.10. The van der Waals surface area contributed by atoms with Crippen LogP contribution >= 0.6 is 27.5 Å². The number of aliphatic hydroxyl groups excluding tert-OH is 2. The van der Waals surface area contributed by atoms with Gasteiger partial charge in [-0.1, -0.05) is 53.5 Å². The maximum atomic E-state index is 12.6. The van der Waals surface area contributed by atoms with Crippen LogP contribution in [-0.2, 0) is 9.59 Å². The van der Waals surface area contributed by atoms with Crippen molar-refractivity contribution in [1.82, 2.24) is 21.3 Å². The third-order valence-corrected chi connectivity index (χ3v) is 11.4. The lowest BCUT2D eigenvalue weighted by Gasteiger charge is -2.20. The summed E-state index contributed by atoms with van der Waals surface area (Å²) in [6.07, 6.45) is 1.12. The summed E-state index contributed by atoms with van der Waals surface area (Å²) in [5, 5.41) is 56.8. The molecule has 0 aliphatic carbocycles. The van der Waals surface area contributed by atoms with E-state index in [9.17, 15) is 39.6 Å². The number of aryl methyl sites for hydroxylation is 2. The molecule has 2 unspecified atom stereocenters. The number of aliphatic imine (C=N–C) groups is 2. The number of anilines is 2. The van der Waals surface area contributed by atoms with Gasteiger partial charge in [-0.15, -0.1) is 0 Å². The lowest BCUT2D eigenvalue weighted by Crippen LogP contribution is -2.42. The molecule has 18 heteroatoms. The van der Waals surface area contributed by atoms with E-state index in [2.05, 4.69) is 63.9 Å². The summed E-state index contributed by atoms with van der Waals surface area (Å²) in [5.74, 6) is -0.300. The lowest BCUT2D eigenvalue weighted by atomic mass is 9.90. The molecule has 2 aliphatic heterocycles. The number of Topliss-reactive ketones (excluding diaryl/α,β-unsaturated/α-hetero) is 2. The number of rotatable bonds is 16. The maximum Gasteiger partial charge on any atom is 0.251 e. The number of phenols is 2. The fourth-order valence-corrected chi connectivity index (χ4v) is 8.31. The lowest BCUT2D eigenvalue weighted by molar-refractivity contribution is -0.119. The quantitative estimate of drug-likeness (QED) is 0.0617. The van der Waals surface area contributed by atoms with Crippen molar-refractivity contribution in [2.75, 3.05) is 49.9 Å². The number of hydrogen-bond acceptors (Lipinski definition) is 14. The molecule has 4 aromatic rings. The van der Waals surface area contributed by atoms with Gasteiger partial charge in [0.1, 0.15) is 11.5 Å². The molecular formula is C48H58BrClN8O8. The molecular weight excluding hydrogens is 932 g/mol. The molecule has 4 aromatic carbocycles. The van der Waals surface area contributed by atoms with E-state index in [4.69, 9.17) is 11.6 Å². The van der Waals surface area contributed by atoms with Crippen LogP contribution in [0.1, 0.15) is 94.3 Å². The number of carbonyl (C=O) groups is 4. The highest BCUT2D eigenvalue weighted by Gasteiger charge is 2.20. The van der Waals surface area contributed by atoms with E-state index in [0.29, 0.717) is 54.2 Å². The second-order valence-electron chi connectivity index (χ2n) is 16.4. The predicted molar refractivity (Wildman–Crippen MR) is 261 cm³/mol. The number of benzene rings is 4. The molecule has 0 aromatic heterocycles. The van der Waals surface area contributed by atoms with Crippen molar-refractivity contribution in [2.24, 2.45) is 9.98 Å². The SMILES string of the molecule is CC[C@H](CC(=O)CNC(=O)c1cc(O)cc(NC2=NCC(O)CN2)c1)c1cc(C)cc(Br)c1.CC[C@H](CC(=O)CNC(=O)c1cc(O)cc(NC2=NCC(O)CN2)c1)c1cc(C)cc(Cl)c1. The zero-order valence-electron chi connectivity index (χ0n) is 37.4. The van der Waals surface area contributed by atoms with E-state index in [0.717, 1.165) is 39.6 Å². The minimum atomic E-state index is -0.547. The third kappa shape index (κ3) is 16.2. The van der Waals surface area contributed by atoms with Crippen LogP contribution in [0.25, 0.3) is 0 Å². The number of aliphatic hydroxyl groups is 2. The van der Waals surface area contributed by atoms with Gasteiger partial charge in [0.2, 0.25) is 0 Å². The summed E-state index contributed by atoms with van der Waals surface area (Å²) >= 11 is 9.67. The molecule has 0 radical (unpaired) electrons. The number of carbonyl (C=O) groups excluding carboxylic acids is 4. The Kier molecular flexibility index (Phi) is 18.9. The summed E-state index contributed by atoms with van der Waals surface area (Å²) in [5.41, 5.74) is 5.61. The first-order valence-electron chi connectivity index (χ1n) is 21.8. The van der Waals surface area contributed by atoms with Crippen LogP contribution in [0.3, 0.4) is 0 Å². The summed E-state index contributed by atoms with van der Waals surface area (Å²) in [6, 6.07) is 20.6. The van der Waals surface area contributed by atoms with Gasteiger partial charge in [0.05, 0.1) is 38.4 Å². The average molecular weight is 990 g/mol. The summed E-state index contributed by atoms with van der Waals surface area (Å²) in [6.45, 7) is 9.07. The molecule has 352 valence electrons. The third-order valence-electron chi connectivity index (χ3n) is 10.7. The van der Waals surface area contributed by atoms with E-state index < -0.39 is 24.0 Å². The minimum Gasteiger partial charge on any atom is -0.508 e. The minimum absolute atomic E-state index is 0.0191. The molecule has 4 atom stereocenters. The molecule has 6 rings (SSSR count). The first-order valence-corrected chi connectivity index (χ1v) is 22.9. The van der Waals surface area contributed by atoms with Gasteiger partial charge in [0.15, 0.2) is 23.5 Å². The molecule has 0 bridgehead atoms. The highest BCUT2D eigenvalue weighted by Crippen LogP contribution is 2.29. The van der Waals surface area contributed by atoms with Crippen LogP contribution in [0.4, 0.5) is 11.4 Å². The number of β-amino-alcohol motifs (C(OH)–C–C–N with tert-alkyl or cyclic N) is 2. The van der Waals surface area contributed by atoms with Gasteiger partial charge >= 0.3 is 0 Å². The van der Waals surface area contributed by atoms with Crippen molar-refractivity contribution in [3.8, 4) is 11.5 Å². The first kappa shape index (κ1) is 51.0. The van der Waals surface area contributed by atoms with E-state index in [-0.39, 0.29) is 72.2 Å². The van der Waals surface area contributed by atoms with E-state index in [1.807, 2.05) is 58.0 Å². The number of amides is 2. The second-order valence-corrected chi connectivity index (χ2v) is 17.8. The molecule has 10 N–H and O–H groups in total. The van der Waals surface area contributed by atoms with Crippen LogP contribution in [0, 0.1) is 13.8 Å². The molecule has 16 nitrogen and oxygen atoms in total. The van der Waals surface area contributed by atoms with Crippen LogP contribution in [0.15, 0.2) is 87.3 Å². The molecule has 66 heavy (non-hydrogen) atoms. The monoisotopic (exact) mass is 988 g/mol. The van der Waals surface area contributed by atoms with Crippen LogP contribution in [0.2, 0.25) is 5.02 Å². The number of aromatic hydroxyl groups is 2. The van der Waals surface area contributed by atoms with Gasteiger partial charge in [-0.3, -0.25) is 29.2 Å². The van der Waals surface area contributed by atoms with Crippen molar-refractivity contribution in [2.45, 2.75) is 77.4 Å². The fraction of sp³-hybridized carbons (Fsp3) is 0.375. The van der Waals surface area contributed by atoms with Crippen LogP contribution < -0.4 is 31.9 Å². The number of hydrogen-bond donors (Lipinski definition) is 10. The van der Waals surface area contributed by atoms with Gasteiger partial charge in [0, 0.05) is 70.1 Å². The maximum absolute atomic E-state index is 12.6. The Morgan fingerprint density at radius 2 is 1.11 bits per heavy atom. The number of nitrogens with one attached hydrogen (secondary N) is 6. The van der Waals surface area contributed by atoms with Gasteiger partial charge in [-0.2, -0.15) is 0 Å². The number of nitrogens with zero attached hydrogens (tertiary/aromatic N) is 2. The molecule has 0 saturated carbocycles. The Bertz CT molecular complexity index is 2240. The van der Waals surface area contributed by atoms with Crippen molar-refractivity contribution in [1.29, 1.82) is 0 Å². The van der Waals surface area contributed by atoms with Crippen molar-refractivity contribution in [3.05, 3.63) is 116 Å². The Balaban J connectivity index is 0.000000247. The van der Waals surface area contributed by atoms with Gasteiger partial charge in [0.25, 0.3) is 11.8 Å². The fourth-order valence-electron chi connectivity index (χ4n) is 7.39. The van der Waals surface area contributed by atoms with Crippen LogP contribution in [0.5, 0.6) is 11.5 Å². The Morgan fingerprint density at radius 1 is 0.667 bits per heavy atom. The first-order chi connectivity index (χ1) is 31.5. The van der Waals surface area contributed by atoms with Crippen molar-refractivity contribution < 1.29 is 39.6 Å². The standard InChI is InChI=1S/C24H29BrN4O4.C24H29ClN4O4/c2*1-3-15(16-4-14(2)5-18(25)6-16)8-21(31)11-26-23(33)17-7-19(10-20(30)9-17)29-24-27-12-22(32)13-28-24/h2*4-7,9-10,15,22,30,32H,3,8,11-13H2,1-2H3,(H,26,33)(H2,27,28,29)/t2*15-/m11/s1.